The normalized spacial score (nSPS) is 15.7. The zero-order valence-electron chi connectivity index (χ0n) is 14.6. The fourth-order valence-corrected chi connectivity index (χ4v) is 4.28. The van der Waals surface area contributed by atoms with Crippen LogP contribution in [0.5, 0.6) is 5.75 Å². The van der Waals surface area contributed by atoms with Crippen LogP contribution < -0.4 is 14.4 Å². The van der Waals surface area contributed by atoms with Crippen LogP contribution in [0.3, 0.4) is 0 Å². The number of hydrogen-bond donors (Lipinski definition) is 1. The Morgan fingerprint density at radius 3 is 2.50 bits per heavy atom. The lowest BCUT2D eigenvalue weighted by Gasteiger charge is -2.30. The molecule has 2 aromatic rings. The van der Waals surface area contributed by atoms with Crippen molar-refractivity contribution < 1.29 is 13.2 Å². The number of anilines is 2. The van der Waals surface area contributed by atoms with Crippen LogP contribution >= 0.6 is 11.6 Å². The van der Waals surface area contributed by atoms with Crippen molar-refractivity contribution in [2.24, 2.45) is 5.92 Å². The molecule has 9 heteroatoms. The molecule has 0 bridgehead atoms. The molecule has 1 aromatic heterocycles. The quantitative estimate of drug-likeness (QED) is 0.835. The zero-order chi connectivity index (χ0) is 18.7. The molecule has 0 unspecified atom stereocenters. The van der Waals surface area contributed by atoms with Crippen LogP contribution in [0.15, 0.2) is 35.5 Å². The number of hydrogen-bond acceptors (Lipinski definition) is 6. The number of nitrogens with zero attached hydrogens (tertiary/aromatic N) is 3. The Balaban J connectivity index is 1.77. The maximum Gasteiger partial charge on any atom is 0.265 e. The van der Waals surface area contributed by atoms with Gasteiger partial charge in [0, 0.05) is 18.1 Å². The van der Waals surface area contributed by atoms with Gasteiger partial charge in [-0.05, 0) is 37.0 Å². The summed E-state index contributed by atoms with van der Waals surface area (Å²) in [5, 5.41) is 0.303. The highest BCUT2D eigenvalue weighted by atomic mass is 35.5. The molecule has 0 saturated carbocycles. The molecule has 26 heavy (non-hydrogen) atoms. The fourth-order valence-electron chi connectivity index (χ4n) is 2.82. The Kier molecular flexibility index (Phi) is 5.52. The van der Waals surface area contributed by atoms with Gasteiger partial charge in [0.05, 0.1) is 25.2 Å². The van der Waals surface area contributed by atoms with Crippen LogP contribution in [0.2, 0.25) is 5.02 Å². The van der Waals surface area contributed by atoms with Crippen molar-refractivity contribution >= 4 is 33.3 Å². The van der Waals surface area contributed by atoms with Gasteiger partial charge >= 0.3 is 0 Å². The topological polar surface area (TPSA) is 84.4 Å². The van der Waals surface area contributed by atoms with Gasteiger partial charge in [-0.3, -0.25) is 4.72 Å². The van der Waals surface area contributed by atoms with Gasteiger partial charge in [0.2, 0.25) is 5.95 Å². The van der Waals surface area contributed by atoms with E-state index in [-0.39, 0.29) is 16.3 Å². The summed E-state index contributed by atoms with van der Waals surface area (Å²) >= 11 is 5.92. The molecular formula is C17H21ClN4O3S. The zero-order valence-corrected chi connectivity index (χ0v) is 16.2. The van der Waals surface area contributed by atoms with Crippen LogP contribution in [0, 0.1) is 5.92 Å². The van der Waals surface area contributed by atoms with Crippen molar-refractivity contribution in [1.29, 1.82) is 0 Å². The van der Waals surface area contributed by atoms with Crippen molar-refractivity contribution in [2.45, 2.75) is 24.7 Å². The molecule has 1 aromatic carbocycles. The van der Waals surface area contributed by atoms with E-state index < -0.39 is 10.0 Å². The fraction of sp³-hybridized carbons (Fsp3) is 0.412. The average Bonchev–Trinajstić information content (AvgIpc) is 2.63. The summed E-state index contributed by atoms with van der Waals surface area (Å²) in [6, 6.07) is 4.41. The summed E-state index contributed by atoms with van der Waals surface area (Å²) in [5.74, 6) is 1.53. The third-order valence-electron chi connectivity index (χ3n) is 4.37. The molecule has 1 aliphatic heterocycles. The summed E-state index contributed by atoms with van der Waals surface area (Å²) in [5.41, 5.74) is 0.279. The van der Waals surface area contributed by atoms with Crippen molar-refractivity contribution in [1.82, 2.24) is 9.97 Å². The lowest BCUT2D eigenvalue weighted by molar-refractivity contribution is 0.403. The maximum absolute atomic E-state index is 12.6. The van der Waals surface area contributed by atoms with Crippen LogP contribution in [0.4, 0.5) is 11.6 Å². The first kappa shape index (κ1) is 18.7. The predicted molar refractivity (Wildman–Crippen MR) is 101 cm³/mol. The third kappa shape index (κ3) is 4.19. The number of benzene rings is 1. The van der Waals surface area contributed by atoms with Gasteiger partial charge < -0.3 is 9.64 Å². The van der Waals surface area contributed by atoms with Gasteiger partial charge in [-0.1, -0.05) is 18.5 Å². The van der Waals surface area contributed by atoms with Crippen LogP contribution in [-0.2, 0) is 10.0 Å². The van der Waals surface area contributed by atoms with Crippen LogP contribution in [-0.4, -0.2) is 38.6 Å². The molecule has 0 aliphatic carbocycles. The van der Waals surface area contributed by atoms with Gasteiger partial charge in [-0.25, -0.2) is 18.4 Å². The molecular weight excluding hydrogens is 376 g/mol. The highest BCUT2D eigenvalue weighted by Gasteiger charge is 2.21. The molecule has 140 valence electrons. The minimum atomic E-state index is -3.88. The molecule has 7 nitrogen and oxygen atoms in total. The number of piperidine rings is 1. The summed E-state index contributed by atoms with van der Waals surface area (Å²) in [6.07, 6.45) is 5.14. The van der Waals surface area contributed by atoms with E-state index in [1.165, 1.54) is 31.6 Å². The molecule has 1 saturated heterocycles. The van der Waals surface area contributed by atoms with Crippen molar-refractivity contribution in [2.75, 3.05) is 29.8 Å². The van der Waals surface area contributed by atoms with Gasteiger partial charge in [0.15, 0.2) is 0 Å². The molecule has 0 radical (unpaired) electrons. The van der Waals surface area contributed by atoms with Gasteiger partial charge in [-0.15, -0.1) is 0 Å². The SMILES string of the molecule is COc1ccc(Cl)cc1S(=O)(=O)Nc1cnc(N2CCC(C)CC2)nc1. The highest BCUT2D eigenvalue weighted by Crippen LogP contribution is 2.28. The Morgan fingerprint density at radius 2 is 1.88 bits per heavy atom. The number of sulfonamides is 1. The van der Waals surface area contributed by atoms with Crippen molar-refractivity contribution in [3.63, 3.8) is 0 Å². The van der Waals surface area contributed by atoms with Crippen LogP contribution in [0.1, 0.15) is 19.8 Å². The monoisotopic (exact) mass is 396 g/mol. The van der Waals surface area contributed by atoms with Gasteiger partial charge in [0.1, 0.15) is 10.6 Å². The number of methoxy groups -OCH3 is 1. The smallest absolute Gasteiger partial charge is 0.265 e. The number of halogens is 1. The maximum atomic E-state index is 12.6. The van der Waals surface area contributed by atoms with Gasteiger partial charge in [-0.2, -0.15) is 0 Å². The van der Waals surface area contributed by atoms with E-state index in [0.29, 0.717) is 16.9 Å². The first-order valence-electron chi connectivity index (χ1n) is 8.32. The lowest BCUT2D eigenvalue weighted by atomic mass is 10.00. The second kappa shape index (κ2) is 7.67. The van der Waals surface area contributed by atoms with Crippen LogP contribution in [0.25, 0.3) is 0 Å². The van der Waals surface area contributed by atoms with E-state index in [1.54, 1.807) is 6.07 Å². The minimum absolute atomic E-state index is 0.0402. The molecule has 0 amide bonds. The van der Waals surface area contributed by atoms with E-state index in [9.17, 15) is 8.42 Å². The first-order chi connectivity index (χ1) is 12.4. The van der Waals surface area contributed by atoms with Crippen molar-refractivity contribution in [3.05, 3.63) is 35.6 Å². The molecule has 1 N–H and O–H groups in total. The van der Waals surface area contributed by atoms with E-state index >= 15 is 0 Å². The predicted octanol–water partition coefficient (Wildman–Crippen LogP) is 3.18. The molecule has 0 atom stereocenters. The molecule has 1 fully saturated rings. The second-order valence-corrected chi connectivity index (χ2v) is 8.43. The number of aromatic nitrogens is 2. The minimum Gasteiger partial charge on any atom is -0.495 e. The second-order valence-electron chi connectivity index (χ2n) is 6.34. The Hall–Kier alpha value is -2.06. The average molecular weight is 397 g/mol. The summed E-state index contributed by atoms with van der Waals surface area (Å²) in [6.45, 7) is 4.05. The van der Waals surface area contributed by atoms with Crippen molar-refractivity contribution in [3.8, 4) is 5.75 Å². The molecule has 0 spiro atoms. The number of ether oxygens (including phenoxy) is 1. The van der Waals surface area contributed by atoms with E-state index in [0.717, 1.165) is 25.9 Å². The third-order valence-corrected chi connectivity index (χ3v) is 6.01. The Labute approximate surface area is 158 Å². The Bertz CT molecular complexity index is 866. The lowest BCUT2D eigenvalue weighted by Crippen LogP contribution is -2.34. The van der Waals surface area contributed by atoms with E-state index in [1.807, 2.05) is 0 Å². The summed E-state index contributed by atoms with van der Waals surface area (Å²) < 4.78 is 32.9. The highest BCUT2D eigenvalue weighted by molar-refractivity contribution is 7.92. The first-order valence-corrected chi connectivity index (χ1v) is 10.2. The standard InChI is InChI=1S/C17H21ClN4O3S/c1-12-5-7-22(8-6-12)17-19-10-14(11-20-17)21-26(23,24)16-9-13(18)3-4-15(16)25-2/h3-4,9-12,21H,5-8H2,1-2H3. The summed E-state index contributed by atoms with van der Waals surface area (Å²) in [4.78, 5) is 10.7. The van der Waals surface area contributed by atoms with E-state index in [4.69, 9.17) is 16.3 Å². The largest absolute Gasteiger partial charge is 0.495 e. The van der Waals surface area contributed by atoms with E-state index in [2.05, 4.69) is 26.5 Å². The molecule has 3 rings (SSSR count). The Morgan fingerprint density at radius 1 is 1.23 bits per heavy atom. The number of rotatable bonds is 5. The molecule has 1 aliphatic rings. The number of nitrogens with one attached hydrogen (secondary N) is 1. The van der Waals surface area contributed by atoms with Gasteiger partial charge in [0.25, 0.3) is 10.0 Å². The molecule has 2 heterocycles. The summed E-state index contributed by atoms with van der Waals surface area (Å²) in [7, 11) is -2.47.